The van der Waals surface area contributed by atoms with Crippen molar-refractivity contribution in [1.29, 1.82) is 0 Å². The molecule has 50 heavy (non-hydrogen) atoms. The van der Waals surface area contributed by atoms with Crippen molar-refractivity contribution >= 4 is 23.9 Å². The highest BCUT2D eigenvalue weighted by Gasteiger charge is 2.48. The van der Waals surface area contributed by atoms with E-state index in [9.17, 15) is 19.2 Å². The third-order valence-corrected chi connectivity index (χ3v) is 8.28. The zero-order valence-corrected chi connectivity index (χ0v) is 28.1. The Morgan fingerprint density at radius 2 is 0.920 bits per heavy atom. The van der Waals surface area contributed by atoms with Gasteiger partial charge in [0, 0.05) is 38.8 Å². The van der Waals surface area contributed by atoms with E-state index in [-0.39, 0.29) is 0 Å². The van der Waals surface area contributed by atoms with E-state index in [1.807, 2.05) is 49.4 Å². The van der Waals surface area contributed by atoms with Crippen molar-refractivity contribution in [3.63, 3.8) is 0 Å². The van der Waals surface area contributed by atoms with Gasteiger partial charge in [-0.25, -0.2) is 0 Å². The van der Waals surface area contributed by atoms with Gasteiger partial charge in [0.1, 0.15) is 23.0 Å². The minimum absolute atomic E-state index is 0.374. The number of carbonyl (C=O) groups excluding carboxylic acids is 4. The Kier molecular flexibility index (Phi) is 9.08. The van der Waals surface area contributed by atoms with E-state index in [1.165, 1.54) is 27.7 Å². The molecule has 0 aromatic heterocycles. The molecule has 1 aliphatic carbocycles. The van der Waals surface area contributed by atoms with E-state index in [0.29, 0.717) is 28.6 Å². The number of fused-ring (bicyclic) bond motifs is 3. The van der Waals surface area contributed by atoms with Crippen LogP contribution in [-0.4, -0.2) is 23.9 Å². The molecule has 0 amide bonds. The van der Waals surface area contributed by atoms with Crippen LogP contribution in [0, 0.1) is 18.8 Å². The van der Waals surface area contributed by atoms with Crippen molar-refractivity contribution in [2.45, 2.75) is 40.0 Å². The number of hydrogen-bond acceptors (Lipinski definition) is 8. The summed E-state index contributed by atoms with van der Waals surface area (Å²) in [5.74, 6) is 6.59. The predicted molar refractivity (Wildman–Crippen MR) is 186 cm³/mol. The Hall–Kier alpha value is -6.46. The summed E-state index contributed by atoms with van der Waals surface area (Å²) in [5.41, 5.74) is 6.64. The molecule has 1 aliphatic rings. The molecule has 6 rings (SSSR count). The first kappa shape index (κ1) is 33.4. The molecule has 0 heterocycles. The molecule has 0 bridgehead atoms. The van der Waals surface area contributed by atoms with Crippen LogP contribution in [0.25, 0.3) is 11.1 Å². The van der Waals surface area contributed by atoms with Crippen molar-refractivity contribution in [2.75, 3.05) is 0 Å². The molecule has 0 radical (unpaired) electrons. The number of esters is 4. The first-order valence-corrected chi connectivity index (χ1v) is 15.8. The van der Waals surface area contributed by atoms with Gasteiger partial charge in [-0.05, 0) is 107 Å². The average Bonchev–Trinajstić information content (AvgIpc) is 3.35. The number of hydrogen-bond donors (Lipinski definition) is 0. The van der Waals surface area contributed by atoms with Gasteiger partial charge in [-0.15, -0.1) is 0 Å². The monoisotopic (exact) mass is 664 g/mol. The van der Waals surface area contributed by atoms with Crippen LogP contribution in [-0.2, 0) is 24.6 Å². The summed E-state index contributed by atoms with van der Waals surface area (Å²) < 4.78 is 21.6. The summed E-state index contributed by atoms with van der Waals surface area (Å²) in [6.07, 6.45) is 0. The fourth-order valence-corrected chi connectivity index (χ4v) is 6.47. The van der Waals surface area contributed by atoms with E-state index in [4.69, 9.17) is 18.9 Å². The second-order valence-electron chi connectivity index (χ2n) is 11.8. The molecule has 248 valence electrons. The van der Waals surface area contributed by atoms with Gasteiger partial charge >= 0.3 is 23.9 Å². The largest absolute Gasteiger partial charge is 0.427 e. The molecule has 0 saturated heterocycles. The van der Waals surface area contributed by atoms with Gasteiger partial charge in [-0.3, -0.25) is 19.2 Å². The summed E-state index contributed by atoms with van der Waals surface area (Å²) in [7, 11) is 0. The molecule has 5 aromatic rings. The van der Waals surface area contributed by atoms with Gasteiger partial charge in [0.25, 0.3) is 0 Å². The standard InChI is InChI=1S/C42H32O8/c1-25-6-21-39-38-23-20-36(50-29(5)46)24-40(38)42(31-10-16-34(17-11-31)48-27(3)44,32-12-18-35(19-13-32)49-28(4)45)41(39)37(25)22-9-30-7-14-33(15-8-30)47-26(2)43/h6-8,10-21,23-24H,1-5H3. The third kappa shape index (κ3) is 6.49. The molecular weight excluding hydrogens is 632 g/mol. The summed E-state index contributed by atoms with van der Waals surface area (Å²) in [6, 6.07) is 31.2. The molecular formula is C42H32O8. The molecule has 8 heteroatoms. The van der Waals surface area contributed by atoms with Gasteiger partial charge in [0.15, 0.2) is 0 Å². The number of rotatable bonds is 6. The zero-order chi connectivity index (χ0) is 35.6. The van der Waals surface area contributed by atoms with Crippen LogP contribution in [0.15, 0.2) is 103 Å². The molecule has 0 unspecified atom stereocenters. The SMILES string of the molecule is CC(=O)Oc1ccc(C#Cc2c(C)ccc3c2C(c2ccc(OC(C)=O)cc2)(c2ccc(OC(C)=O)cc2)c2cc(OC(C)=O)ccc2-3)cc1. The third-order valence-electron chi connectivity index (χ3n) is 8.28. The van der Waals surface area contributed by atoms with Crippen LogP contribution in [0.5, 0.6) is 23.0 Å². The molecule has 0 aliphatic heterocycles. The highest BCUT2D eigenvalue weighted by Crippen LogP contribution is 2.58. The maximum Gasteiger partial charge on any atom is 0.308 e. The van der Waals surface area contributed by atoms with E-state index in [1.54, 1.807) is 54.6 Å². The van der Waals surface area contributed by atoms with Crippen LogP contribution >= 0.6 is 0 Å². The van der Waals surface area contributed by atoms with Crippen LogP contribution in [0.4, 0.5) is 0 Å². The summed E-state index contributed by atoms with van der Waals surface area (Å²) in [6.45, 7) is 7.39. The zero-order valence-electron chi connectivity index (χ0n) is 28.1. The first-order valence-electron chi connectivity index (χ1n) is 15.8. The molecule has 0 atom stereocenters. The second kappa shape index (κ2) is 13.6. The lowest BCUT2D eigenvalue weighted by atomic mass is 9.66. The minimum atomic E-state index is -1.03. The normalized spacial score (nSPS) is 12.0. The fourth-order valence-electron chi connectivity index (χ4n) is 6.47. The minimum Gasteiger partial charge on any atom is -0.427 e. The lowest BCUT2D eigenvalue weighted by Crippen LogP contribution is -2.30. The Bertz CT molecular complexity index is 2160. The molecule has 0 fully saturated rings. The van der Waals surface area contributed by atoms with E-state index in [2.05, 4.69) is 17.9 Å². The Balaban J connectivity index is 1.66. The van der Waals surface area contributed by atoms with Crippen LogP contribution in [0.3, 0.4) is 0 Å². The quantitative estimate of drug-likeness (QED) is 0.103. The van der Waals surface area contributed by atoms with Gasteiger partial charge < -0.3 is 18.9 Å². The number of ether oxygens (including phenoxy) is 4. The van der Waals surface area contributed by atoms with Gasteiger partial charge in [-0.2, -0.15) is 0 Å². The number of benzene rings is 5. The van der Waals surface area contributed by atoms with Crippen molar-refractivity contribution in [2.24, 2.45) is 0 Å². The Morgan fingerprint density at radius 1 is 0.500 bits per heavy atom. The maximum atomic E-state index is 12.1. The molecule has 5 aromatic carbocycles. The second-order valence-corrected chi connectivity index (χ2v) is 11.8. The summed E-state index contributed by atoms with van der Waals surface area (Å²) in [4.78, 5) is 47.2. The predicted octanol–water partition coefficient (Wildman–Crippen LogP) is 7.46. The molecule has 8 nitrogen and oxygen atoms in total. The van der Waals surface area contributed by atoms with Gasteiger partial charge in [0.2, 0.25) is 0 Å². The molecule has 0 saturated carbocycles. The number of carbonyl (C=O) groups is 4. The smallest absolute Gasteiger partial charge is 0.308 e. The van der Waals surface area contributed by atoms with Crippen molar-refractivity contribution in [3.8, 4) is 46.0 Å². The molecule has 0 N–H and O–H groups in total. The van der Waals surface area contributed by atoms with E-state index in [0.717, 1.165) is 44.5 Å². The Morgan fingerprint density at radius 3 is 1.40 bits per heavy atom. The van der Waals surface area contributed by atoms with Crippen molar-refractivity contribution in [3.05, 3.63) is 142 Å². The topological polar surface area (TPSA) is 105 Å². The van der Waals surface area contributed by atoms with Crippen molar-refractivity contribution < 1.29 is 38.1 Å². The van der Waals surface area contributed by atoms with Crippen LogP contribution < -0.4 is 18.9 Å². The highest BCUT2D eigenvalue weighted by molar-refractivity contribution is 5.90. The lowest BCUT2D eigenvalue weighted by molar-refractivity contribution is -0.132. The lowest BCUT2D eigenvalue weighted by Gasteiger charge is -2.35. The number of aryl methyl sites for hydroxylation is 1. The fraction of sp³-hybridized carbons (Fsp3) is 0.143. The van der Waals surface area contributed by atoms with Crippen LogP contribution in [0.2, 0.25) is 0 Å². The summed E-state index contributed by atoms with van der Waals surface area (Å²) in [5, 5.41) is 0. The van der Waals surface area contributed by atoms with Crippen molar-refractivity contribution in [1.82, 2.24) is 0 Å². The van der Waals surface area contributed by atoms with Gasteiger partial charge in [0.05, 0.1) is 5.41 Å². The summed E-state index contributed by atoms with van der Waals surface area (Å²) >= 11 is 0. The van der Waals surface area contributed by atoms with E-state index < -0.39 is 29.3 Å². The van der Waals surface area contributed by atoms with E-state index >= 15 is 0 Å². The molecule has 0 spiro atoms. The average molecular weight is 665 g/mol. The Labute approximate surface area is 289 Å². The maximum absolute atomic E-state index is 12.1. The highest BCUT2D eigenvalue weighted by atomic mass is 16.5. The first-order chi connectivity index (χ1) is 23.9. The van der Waals surface area contributed by atoms with Crippen LogP contribution in [0.1, 0.15) is 66.6 Å². The van der Waals surface area contributed by atoms with Gasteiger partial charge in [-0.1, -0.05) is 54.3 Å².